The predicted octanol–water partition coefficient (Wildman–Crippen LogP) is 5.53. The van der Waals surface area contributed by atoms with Crippen LogP contribution in [0, 0.1) is 14.1 Å². The summed E-state index contributed by atoms with van der Waals surface area (Å²) >= 11 is 7.58. The van der Waals surface area contributed by atoms with Gasteiger partial charge in [-0.3, -0.25) is 0 Å². The molecule has 3 N–H and O–H groups in total. The summed E-state index contributed by atoms with van der Waals surface area (Å²) in [5, 5.41) is 21.6. The maximum atomic E-state index is 10.5. The molecule has 0 atom stereocenters. The quantitative estimate of drug-likeness (QED) is 0.267. The van der Waals surface area contributed by atoms with E-state index in [1.54, 1.807) is 6.07 Å². The number of hydrogen-bond donors (Lipinski definition) is 3. The Hall–Kier alpha value is -0.480. The molecule has 2 aromatic carbocycles. The molecule has 0 radical (unpaired) electrons. The van der Waals surface area contributed by atoms with Crippen LogP contribution in [-0.2, 0) is 0 Å². The Balaban J connectivity index is 2.46. The lowest BCUT2D eigenvalue weighted by Crippen LogP contribution is -1.89. The lowest BCUT2D eigenvalue weighted by molar-refractivity contribution is 0.455. The molecule has 108 valence electrons. The van der Waals surface area contributed by atoms with E-state index in [0.29, 0.717) is 12.7 Å². The van der Waals surface area contributed by atoms with Crippen molar-refractivity contribution in [3.8, 4) is 22.6 Å². The molecule has 0 fully saturated rings. The zero-order chi connectivity index (χ0) is 15.3. The molecule has 3 aromatic rings. The second-order valence-electron chi connectivity index (χ2n) is 4.73. The molecule has 3 rings (SSSR count). The minimum atomic E-state index is 0.177. The summed E-state index contributed by atoms with van der Waals surface area (Å²) < 4.78 is 2.25. The molecule has 1 heterocycles. The molecular formula is C15H10BrI2NO2. The monoisotopic (exact) mass is 569 g/mol. The van der Waals surface area contributed by atoms with Crippen LogP contribution in [-0.4, -0.2) is 15.2 Å². The average Bonchev–Trinajstić information content (AvgIpc) is 2.73. The number of fused-ring (bicyclic) bond motifs is 1. The minimum Gasteiger partial charge on any atom is -0.507 e. The Kier molecular flexibility index (Phi) is 4.12. The highest BCUT2D eigenvalue weighted by molar-refractivity contribution is 14.1. The topological polar surface area (TPSA) is 56.2 Å². The maximum absolute atomic E-state index is 10.5. The molecule has 0 bridgehead atoms. The van der Waals surface area contributed by atoms with Crippen LogP contribution in [0.25, 0.3) is 22.0 Å². The molecule has 0 unspecified atom stereocenters. The molecule has 0 amide bonds. The van der Waals surface area contributed by atoms with Crippen LogP contribution in [0.3, 0.4) is 0 Å². The normalized spacial score (nSPS) is 11.2. The number of phenols is 2. The van der Waals surface area contributed by atoms with Gasteiger partial charge in [0.15, 0.2) is 0 Å². The number of nitrogens with one attached hydrogen (secondary N) is 1. The van der Waals surface area contributed by atoms with Gasteiger partial charge in [0.1, 0.15) is 11.5 Å². The number of H-pyrrole nitrogens is 1. The van der Waals surface area contributed by atoms with E-state index in [-0.39, 0.29) is 11.5 Å². The minimum absolute atomic E-state index is 0.177. The van der Waals surface area contributed by atoms with E-state index in [0.717, 1.165) is 26.6 Å². The largest absolute Gasteiger partial charge is 0.507 e. The van der Waals surface area contributed by atoms with Crippen LogP contribution >= 0.6 is 61.1 Å². The van der Waals surface area contributed by atoms with E-state index in [1.807, 2.05) is 47.7 Å². The molecule has 3 nitrogen and oxygen atoms in total. The lowest BCUT2D eigenvalue weighted by atomic mass is 10.0. The molecular weight excluding hydrogens is 560 g/mol. The van der Waals surface area contributed by atoms with Crippen LogP contribution in [0.2, 0.25) is 0 Å². The summed E-state index contributed by atoms with van der Waals surface area (Å²) in [5.74, 6) is 0.373. The first-order valence-electron chi connectivity index (χ1n) is 6.08. The highest BCUT2D eigenvalue weighted by atomic mass is 127. The van der Waals surface area contributed by atoms with Gasteiger partial charge in [-0.15, -0.1) is 0 Å². The number of aromatic amines is 1. The Labute approximate surface area is 157 Å². The molecule has 0 saturated heterocycles. The lowest BCUT2D eigenvalue weighted by Gasteiger charge is -2.11. The standard InChI is InChI=1S/C15H10BrI2NO2/c1-6-12(8-4-7(16)2-3-10(8)19-6)13-14(18)11(20)5-9(17)15(13)21/h2-5,19-21H,1H3. The molecule has 1 aromatic heterocycles. The number of hydrogen-bond acceptors (Lipinski definition) is 2. The first-order valence-corrected chi connectivity index (χ1v) is 9.03. The van der Waals surface area contributed by atoms with Crippen molar-refractivity contribution in [2.24, 2.45) is 0 Å². The fraction of sp³-hybridized carbons (Fsp3) is 0.0667. The third-order valence-electron chi connectivity index (χ3n) is 3.37. The zero-order valence-corrected chi connectivity index (χ0v) is 16.7. The Morgan fingerprint density at radius 1 is 1.10 bits per heavy atom. The van der Waals surface area contributed by atoms with Crippen LogP contribution in [0.15, 0.2) is 28.7 Å². The molecule has 6 heteroatoms. The fourth-order valence-corrected chi connectivity index (χ4v) is 4.06. The zero-order valence-electron chi connectivity index (χ0n) is 10.8. The highest BCUT2D eigenvalue weighted by Gasteiger charge is 2.21. The highest BCUT2D eigenvalue weighted by Crippen LogP contribution is 2.45. The van der Waals surface area contributed by atoms with Crippen molar-refractivity contribution < 1.29 is 10.2 Å². The number of aromatic nitrogens is 1. The number of benzene rings is 2. The van der Waals surface area contributed by atoms with Crippen molar-refractivity contribution in [1.82, 2.24) is 4.98 Å². The number of rotatable bonds is 1. The Morgan fingerprint density at radius 3 is 2.52 bits per heavy atom. The van der Waals surface area contributed by atoms with Gasteiger partial charge in [-0.1, -0.05) is 15.9 Å². The van der Waals surface area contributed by atoms with E-state index < -0.39 is 0 Å². The van der Waals surface area contributed by atoms with Gasteiger partial charge in [-0.25, -0.2) is 0 Å². The van der Waals surface area contributed by atoms with Gasteiger partial charge in [0.05, 0.1) is 7.14 Å². The Bertz CT molecular complexity index is 848. The smallest absolute Gasteiger partial charge is 0.138 e. The fourth-order valence-electron chi connectivity index (χ4n) is 2.45. The van der Waals surface area contributed by atoms with E-state index >= 15 is 0 Å². The van der Waals surface area contributed by atoms with Gasteiger partial charge >= 0.3 is 0 Å². The van der Waals surface area contributed by atoms with E-state index in [9.17, 15) is 10.2 Å². The van der Waals surface area contributed by atoms with Gasteiger partial charge in [-0.2, -0.15) is 0 Å². The van der Waals surface area contributed by atoms with E-state index in [2.05, 4.69) is 43.5 Å². The molecule has 0 spiro atoms. The number of phenolic OH excluding ortho intramolecular Hbond substituents is 2. The third-order valence-corrected chi connectivity index (χ3v) is 5.78. The predicted molar refractivity (Wildman–Crippen MR) is 105 cm³/mol. The van der Waals surface area contributed by atoms with Crippen molar-refractivity contribution in [2.75, 3.05) is 0 Å². The first kappa shape index (κ1) is 15.4. The van der Waals surface area contributed by atoms with E-state index in [1.165, 1.54) is 0 Å². The SMILES string of the molecule is Cc1[nH]c2ccc(Br)cc2c1-c1c(O)c(I)cc(O)c1I. The third kappa shape index (κ3) is 2.55. The molecule has 0 saturated carbocycles. The molecule has 0 aliphatic heterocycles. The van der Waals surface area contributed by atoms with Crippen LogP contribution in [0.4, 0.5) is 0 Å². The van der Waals surface area contributed by atoms with Crippen molar-refractivity contribution in [1.29, 1.82) is 0 Å². The van der Waals surface area contributed by atoms with Crippen molar-refractivity contribution in [3.05, 3.63) is 41.6 Å². The summed E-state index contributed by atoms with van der Waals surface area (Å²) in [6, 6.07) is 7.55. The van der Waals surface area contributed by atoms with Gasteiger partial charge < -0.3 is 15.2 Å². The number of aromatic hydroxyl groups is 2. The Morgan fingerprint density at radius 2 is 1.81 bits per heavy atom. The van der Waals surface area contributed by atoms with Gasteiger partial charge in [0.2, 0.25) is 0 Å². The molecule has 0 aliphatic carbocycles. The van der Waals surface area contributed by atoms with Crippen molar-refractivity contribution in [2.45, 2.75) is 6.92 Å². The summed E-state index contributed by atoms with van der Waals surface area (Å²) in [7, 11) is 0. The van der Waals surface area contributed by atoms with Crippen molar-refractivity contribution >= 4 is 72.0 Å². The second-order valence-corrected chi connectivity index (χ2v) is 7.89. The molecule has 0 aliphatic rings. The van der Waals surface area contributed by atoms with Crippen molar-refractivity contribution in [3.63, 3.8) is 0 Å². The van der Waals surface area contributed by atoms with Gasteiger partial charge in [0, 0.05) is 32.2 Å². The summed E-state index contributed by atoms with van der Waals surface area (Å²) in [6.45, 7) is 1.97. The number of aryl methyl sites for hydroxylation is 1. The average molecular weight is 570 g/mol. The van der Waals surface area contributed by atoms with Gasteiger partial charge in [0.25, 0.3) is 0 Å². The van der Waals surface area contributed by atoms with Gasteiger partial charge in [-0.05, 0) is 76.4 Å². The summed E-state index contributed by atoms with van der Waals surface area (Å²) in [6.07, 6.45) is 0. The summed E-state index contributed by atoms with van der Waals surface area (Å²) in [4.78, 5) is 3.33. The van der Waals surface area contributed by atoms with Crippen LogP contribution < -0.4 is 0 Å². The number of halogens is 3. The first-order chi connectivity index (χ1) is 9.90. The van der Waals surface area contributed by atoms with E-state index in [4.69, 9.17) is 0 Å². The second kappa shape index (κ2) is 5.62. The maximum Gasteiger partial charge on any atom is 0.138 e. The summed E-state index contributed by atoms with van der Waals surface area (Å²) in [5.41, 5.74) is 3.54. The van der Waals surface area contributed by atoms with Crippen LogP contribution in [0.1, 0.15) is 5.69 Å². The molecule has 21 heavy (non-hydrogen) atoms. The van der Waals surface area contributed by atoms with Crippen LogP contribution in [0.5, 0.6) is 11.5 Å².